The Bertz CT molecular complexity index is 1180. The summed E-state index contributed by atoms with van der Waals surface area (Å²) in [5, 5.41) is 11.0. The van der Waals surface area contributed by atoms with Crippen molar-refractivity contribution >= 4 is 28.8 Å². The predicted molar refractivity (Wildman–Crippen MR) is 159 cm³/mol. The number of hydrazine groups is 1. The van der Waals surface area contributed by atoms with Gasteiger partial charge in [-0.1, -0.05) is 57.7 Å². The van der Waals surface area contributed by atoms with E-state index in [1.807, 2.05) is 31.0 Å². The highest BCUT2D eigenvalue weighted by Gasteiger charge is 2.27. The van der Waals surface area contributed by atoms with Crippen molar-refractivity contribution in [1.29, 1.82) is 0 Å². The number of nitrogens with one attached hydrogen (secondary N) is 1. The Morgan fingerprint density at radius 2 is 1.74 bits per heavy atom. The van der Waals surface area contributed by atoms with E-state index in [0.29, 0.717) is 25.6 Å². The van der Waals surface area contributed by atoms with Gasteiger partial charge in [-0.15, -0.1) is 0 Å². The molecule has 0 spiro atoms. The summed E-state index contributed by atoms with van der Waals surface area (Å²) < 4.78 is 0. The van der Waals surface area contributed by atoms with Gasteiger partial charge in [-0.25, -0.2) is 5.01 Å². The summed E-state index contributed by atoms with van der Waals surface area (Å²) in [7, 11) is 1.83. The van der Waals surface area contributed by atoms with Gasteiger partial charge in [0.15, 0.2) is 0 Å². The molecule has 0 unspecified atom stereocenters. The molecule has 0 aliphatic carbocycles. The summed E-state index contributed by atoms with van der Waals surface area (Å²) >= 11 is 1.66. The van der Waals surface area contributed by atoms with Crippen LogP contribution >= 0.6 is 11.3 Å². The molecule has 6 nitrogen and oxygen atoms in total. The first-order valence-electron chi connectivity index (χ1n) is 13.0. The summed E-state index contributed by atoms with van der Waals surface area (Å²) in [5.41, 5.74) is 6.67. The van der Waals surface area contributed by atoms with Crippen molar-refractivity contribution in [3.05, 3.63) is 76.0 Å². The molecule has 2 heterocycles. The average Bonchev–Trinajstić information content (AvgIpc) is 3.56. The molecule has 1 aliphatic heterocycles. The number of amides is 2. The molecule has 0 fully saturated rings. The molecule has 2 amide bonds. The molecule has 2 aromatic carbocycles. The van der Waals surface area contributed by atoms with Gasteiger partial charge in [0.25, 0.3) is 5.91 Å². The van der Waals surface area contributed by atoms with E-state index in [0.717, 1.165) is 35.2 Å². The number of benzene rings is 2. The van der Waals surface area contributed by atoms with Gasteiger partial charge in [-0.05, 0) is 76.4 Å². The van der Waals surface area contributed by atoms with Crippen LogP contribution in [0.2, 0.25) is 0 Å². The maximum atomic E-state index is 13.5. The van der Waals surface area contributed by atoms with Gasteiger partial charge in [0, 0.05) is 32.4 Å². The van der Waals surface area contributed by atoms with E-state index in [4.69, 9.17) is 0 Å². The maximum Gasteiger partial charge on any atom is 0.256 e. The summed E-state index contributed by atoms with van der Waals surface area (Å²) in [4.78, 5) is 28.4. The van der Waals surface area contributed by atoms with Gasteiger partial charge < -0.3 is 10.2 Å². The first kappa shape index (κ1) is 29.4. The van der Waals surface area contributed by atoms with Crippen LogP contribution in [0.4, 0.5) is 5.69 Å². The number of aryl methyl sites for hydroxylation is 1. The van der Waals surface area contributed by atoms with E-state index in [1.165, 1.54) is 11.1 Å². The lowest BCUT2D eigenvalue weighted by Gasteiger charge is -2.32. The fourth-order valence-electron chi connectivity index (χ4n) is 4.70. The molecule has 1 aliphatic rings. The van der Waals surface area contributed by atoms with Crippen molar-refractivity contribution in [2.45, 2.75) is 54.1 Å². The van der Waals surface area contributed by atoms with Crippen molar-refractivity contribution in [2.75, 3.05) is 31.6 Å². The number of fused-ring (bicyclic) bond motifs is 1. The third-order valence-electron chi connectivity index (χ3n) is 6.95. The molecule has 0 saturated carbocycles. The number of hydrogen-bond acceptors (Lipinski definition) is 5. The molecule has 38 heavy (non-hydrogen) atoms. The Kier molecular flexibility index (Phi) is 10.5. The molecule has 4 rings (SSSR count). The standard InChI is InChI=1S/C30H38N4O2S.CH4/c1-22(2)8-7-14-31-29(35)19-33(28-16-24(12-11-23(28)3)27-13-15-37-21-27)20-30(36)32(4)34-17-25-9-5-6-10-26(25)18-34;/h5-6,9-13,15-16,21-22H,7-8,14,17-20H2,1-4H3,(H,31,35);1H4. The lowest BCUT2D eigenvalue weighted by Crippen LogP contribution is -2.48. The Labute approximate surface area is 232 Å². The van der Waals surface area contributed by atoms with Crippen LogP contribution in [0, 0.1) is 12.8 Å². The van der Waals surface area contributed by atoms with Gasteiger partial charge in [-0.3, -0.25) is 14.6 Å². The summed E-state index contributed by atoms with van der Waals surface area (Å²) in [6.45, 7) is 8.74. The Morgan fingerprint density at radius 3 is 2.37 bits per heavy atom. The number of nitrogens with zero attached hydrogens (tertiary/aromatic N) is 3. The van der Waals surface area contributed by atoms with Crippen LogP contribution in [0.3, 0.4) is 0 Å². The fraction of sp³-hybridized carbons (Fsp3) is 0.419. The topological polar surface area (TPSA) is 55.9 Å². The molecule has 1 N–H and O–H groups in total. The van der Waals surface area contributed by atoms with Gasteiger partial charge in [0.2, 0.25) is 5.91 Å². The van der Waals surface area contributed by atoms with E-state index >= 15 is 0 Å². The summed E-state index contributed by atoms with van der Waals surface area (Å²) in [5.74, 6) is 0.509. The normalized spacial score (nSPS) is 12.7. The average molecular weight is 535 g/mol. The minimum atomic E-state index is -0.0619. The van der Waals surface area contributed by atoms with Crippen molar-refractivity contribution in [3.8, 4) is 11.1 Å². The Morgan fingerprint density at radius 1 is 1.03 bits per heavy atom. The number of carbonyl (C=O) groups is 2. The fourth-order valence-corrected chi connectivity index (χ4v) is 5.37. The van der Waals surface area contributed by atoms with Crippen LogP contribution in [0.1, 0.15) is 50.8 Å². The summed E-state index contributed by atoms with van der Waals surface area (Å²) in [6.07, 6.45) is 2.03. The minimum absolute atomic E-state index is 0. The van der Waals surface area contributed by atoms with E-state index in [9.17, 15) is 9.59 Å². The quantitative estimate of drug-likeness (QED) is 0.302. The zero-order valence-corrected chi connectivity index (χ0v) is 23.2. The smallest absolute Gasteiger partial charge is 0.256 e. The molecule has 0 radical (unpaired) electrons. The van der Waals surface area contributed by atoms with Gasteiger partial charge >= 0.3 is 0 Å². The monoisotopic (exact) mass is 534 g/mol. The molecule has 1 aromatic heterocycles. The molecule has 3 aromatic rings. The summed E-state index contributed by atoms with van der Waals surface area (Å²) in [6, 6.07) is 16.7. The first-order valence-corrected chi connectivity index (χ1v) is 14.0. The number of carbonyl (C=O) groups excluding carboxylic acids is 2. The van der Waals surface area contributed by atoms with Gasteiger partial charge in [0.1, 0.15) is 0 Å². The van der Waals surface area contributed by atoms with Crippen molar-refractivity contribution in [1.82, 2.24) is 15.3 Å². The minimum Gasteiger partial charge on any atom is -0.355 e. The van der Waals surface area contributed by atoms with Crippen LogP contribution in [-0.4, -0.2) is 48.5 Å². The van der Waals surface area contributed by atoms with Gasteiger partial charge in [-0.2, -0.15) is 11.3 Å². The molecule has 0 atom stereocenters. The number of anilines is 1. The van der Waals surface area contributed by atoms with Crippen molar-refractivity contribution < 1.29 is 9.59 Å². The number of likely N-dealkylation sites (N-methyl/N-ethyl adjacent to an activating group) is 1. The Hall–Kier alpha value is -3.16. The van der Waals surface area contributed by atoms with E-state index < -0.39 is 0 Å². The predicted octanol–water partition coefficient (Wildman–Crippen LogP) is 6.11. The van der Waals surface area contributed by atoms with Crippen LogP contribution in [-0.2, 0) is 22.7 Å². The second kappa shape index (κ2) is 13.6. The highest BCUT2D eigenvalue weighted by molar-refractivity contribution is 7.08. The van der Waals surface area contributed by atoms with Crippen LogP contribution in [0.25, 0.3) is 11.1 Å². The molecular weight excluding hydrogens is 492 g/mol. The van der Waals surface area contributed by atoms with Crippen LogP contribution < -0.4 is 10.2 Å². The zero-order chi connectivity index (χ0) is 26.4. The lowest BCUT2D eigenvalue weighted by atomic mass is 10.0. The molecule has 0 bridgehead atoms. The molecule has 204 valence electrons. The lowest BCUT2D eigenvalue weighted by molar-refractivity contribution is -0.145. The number of thiophene rings is 1. The largest absolute Gasteiger partial charge is 0.355 e. The SMILES string of the molecule is C.Cc1ccc(-c2ccsc2)cc1N(CC(=O)NCCCC(C)C)CC(=O)N(C)N1Cc2ccccc2C1. The van der Waals surface area contributed by atoms with Crippen LogP contribution in [0.15, 0.2) is 59.3 Å². The molecule has 0 saturated heterocycles. The third kappa shape index (κ3) is 7.45. The second-order valence-electron chi connectivity index (χ2n) is 10.3. The maximum absolute atomic E-state index is 13.5. The highest BCUT2D eigenvalue weighted by Crippen LogP contribution is 2.30. The van der Waals surface area contributed by atoms with E-state index in [2.05, 4.69) is 71.3 Å². The zero-order valence-electron chi connectivity index (χ0n) is 22.4. The van der Waals surface area contributed by atoms with E-state index in [-0.39, 0.29) is 32.3 Å². The molecular formula is C31H42N4O2S. The third-order valence-corrected chi connectivity index (χ3v) is 7.64. The van der Waals surface area contributed by atoms with Crippen LogP contribution in [0.5, 0.6) is 0 Å². The molecule has 7 heteroatoms. The van der Waals surface area contributed by atoms with Crippen molar-refractivity contribution in [3.63, 3.8) is 0 Å². The first-order chi connectivity index (χ1) is 17.8. The number of rotatable bonds is 11. The Balaban J connectivity index is 0.00000400. The number of hydrogen-bond donors (Lipinski definition) is 1. The van der Waals surface area contributed by atoms with Gasteiger partial charge in [0.05, 0.1) is 13.1 Å². The second-order valence-corrected chi connectivity index (χ2v) is 11.0. The van der Waals surface area contributed by atoms with Crippen molar-refractivity contribution in [2.24, 2.45) is 5.92 Å². The highest BCUT2D eigenvalue weighted by atomic mass is 32.1. The van der Waals surface area contributed by atoms with E-state index in [1.54, 1.807) is 16.3 Å².